The molecule has 22 heavy (non-hydrogen) atoms. The predicted octanol–water partition coefficient (Wildman–Crippen LogP) is 2.36. The number of halogens is 1. The molecule has 0 amide bonds. The molecule has 4 aromatic heterocycles. The van der Waals surface area contributed by atoms with Gasteiger partial charge in [-0.3, -0.25) is 9.67 Å². The summed E-state index contributed by atoms with van der Waals surface area (Å²) in [5.74, 6) is -0.424. The first-order valence-corrected chi connectivity index (χ1v) is 6.66. The van der Waals surface area contributed by atoms with Crippen LogP contribution >= 0.6 is 0 Å². The van der Waals surface area contributed by atoms with Gasteiger partial charge in [-0.2, -0.15) is 10.2 Å². The number of pyridine rings is 2. The Morgan fingerprint density at radius 3 is 2.91 bits per heavy atom. The van der Waals surface area contributed by atoms with Crippen LogP contribution in [-0.4, -0.2) is 29.5 Å². The van der Waals surface area contributed by atoms with Crippen molar-refractivity contribution >= 4 is 11.0 Å². The molecule has 7 heteroatoms. The fourth-order valence-electron chi connectivity index (χ4n) is 2.43. The Bertz CT molecular complexity index is 971. The highest BCUT2D eigenvalue weighted by molar-refractivity contribution is 5.78. The lowest BCUT2D eigenvalue weighted by molar-refractivity contribution is 0.623. The fraction of sp³-hybridized carbons (Fsp3) is 0.0667. The molecule has 0 aliphatic rings. The Morgan fingerprint density at radius 1 is 1.14 bits per heavy atom. The van der Waals surface area contributed by atoms with Crippen LogP contribution in [0.2, 0.25) is 0 Å². The monoisotopic (exact) mass is 294 g/mol. The van der Waals surface area contributed by atoms with Gasteiger partial charge in [-0.1, -0.05) is 0 Å². The Morgan fingerprint density at radius 2 is 2.05 bits per heavy atom. The second-order valence-electron chi connectivity index (χ2n) is 4.86. The Labute approximate surface area is 124 Å². The van der Waals surface area contributed by atoms with Crippen LogP contribution in [0.15, 0.2) is 49.2 Å². The van der Waals surface area contributed by atoms with E-state index in [-0.39, 0.29) is 0 Å². The molecule has 4 heterocycles. The molecule has 0 atom stereocenters. The molecule has 108 valence electrons. The molecule has 4 rings (SSSR count). The van der Waals surface area contributed by atoms with Crippen LogP contribution in [0.3, 0.4) is 0 Å². The third kappa shape index (κ3) is 1.86. The summed E-state index contributed by atoms with van der Waals surface area (Å²) in [7, 11) is 1.78. The summed E-state index contributed by atoms with van der Waals surface area (Å²) in [6.07, 6.45) is 7.92. The molecule has 0 saturated heterocycles. The first kappa shape index (κ1) is 12.6. The number of aryl methyl sites for hydroxylation is 1. The van der Waals surface area contributed by atoms with Crippen LogP contribution in [0, 0.1) is 5.82 Å². The van der Waals surface area contributed by atoms with Crippen LogP contribution < -0.4 is 0 Å². The van der Waals surface area contributed by atoms with E-state index in [1.165, 1.54) is 12.4 Å². The van der Waals surface area contributed by atoms with E-state index < -0.39 is 5.82 Å². The lowest BCUT2D eigenvalue weighted by Crippen LogP contribution is -1.99. The van der Waals surface area contributed by atoms with Crippen LogP contribution in [0.4, 0.5) is 4.39 Å². The SMILES string of the molecule is Cn1cc(-n2ncc3cccnc32)c(-c2ccncc2F)n1. The van der Waals surface area contributed by atoms with Crippen molar-refractivity contribution in [1.29, 1.82) is 0 Å². The number of rotatable bonds is 2. The maximum Gasteiger partial charge on any atom is 0.163 e. The minimum absolute atomic E-state index is 0.380. The van der Waals surface area contributed by atoms with E-state index in [1.807, 2.05) is 12.1 Å². The number of fused-ring (bicyclic) bond motifs is 1. The average molecular weight is 294 g/mol. The topological polar surface area (TPSA) is 61.4 Å². The number of hydrogen-bond acceptors (Lipinski definition) is 4. The smallest absolute Gasteiger partial charge is 0.163 e. The molecule has 0 N–H and O–H groups in total. The molecular formula is C15H11FN6. The van der Waals surface area contributed by atoms with E-state index >= 15 is 0 Å². The molecule has 0 aromatic carbocycles. The molecule has 0 aliphatic carbocycles. The largest absolute Gasteiger partial charge is 0.273 e. The lowest BCUT2D eigenvalue weighted by atomic mass is 10.1. The second kappa shape index (κ2) is 4.73. The molecule has 0 unspecified atom stereocenters. The average Bonchev–Trinajstić information content (AvgIpc) is 3.11. The van der Waals surface area contributed by atoms with Crippen molar-refractivity contribution < 1.29 is 4.39 Å². The van der Waals surface area contributed by atoms with Crippen molar-refractivity contribution in [3.8, 4) is 16.9 Å². The minimum atomic E-state index is -0.424. The summed E-state index contributed by atoms with van der Waals surface area (Å²) in [5, 5.41) is 9.63. The summed E-state index contributed by atoms with van der Waals surface area (Å²) in [6.45, 7) is 0. The summed E-state index contributed by atoms with van der Waals surface area (Å²) in [6, 6.07) is 5.37. The van der Waals surface area contributed by atoms with Crippen molar-refractivity contribution in [1.82, 2.24) is 29.5 Å². The minimum Gasteiger partial charge on any atom is -0.273 e. The zero-order chi connectivity index (χ0) is 15.1. The third-order valence-electron chi connectivity index (χ3n) is 3.40. The Kier molecular flexibility index (Phi) is 2.72. The standard InChI is InChI=1S/C15H11FN6/c1-21-9-13(14(20-21)11-4-6-17-8-12(11)16)22-15-10(7-19-22)3-2-5-18-15/h2-9H,1H3. The van der Waals surface area contributed by atoms with Gasteiger partial charge in [0.15, 0.2) is 11.5 Å². The zero-order valence-electron chi connectivity index (χ0n) is 11.7. The molecular weight excluding hydrogens is 283 g/mol. The highest BCUT2D eigenvalue weighted by Gasteiger charge is 2.18. The zero-order valence-corrected chi connectivity index (χ0v) is 11.7. The maximum absolute atomic E-state index is 14.1. The number of nitrogens with zero attached hydrogens (tertiary/aromatic N) is 6. The van der Waals surface area contributed by atoms with Gasteiger partial charge in [-0.05, 0) is 18.2 Å². The molecule has 0 saturated carbocycles. The van der Waals surface area contributed by atoms with E-state index in [0.717, 1.165) is 5.39 Å². The van der Waals surface area contributed by atoms with Gasteiger partial charge < -0.3 is 0 Å². The van der Waals surface area contributed by atoms with E-state index in [0.29, 0.717) is 22.6 Å². The van der Waals surface area contributed by atoms with Crippen molar-refractivity contribution in [2.45, 2.75) is 0 Å². The number of aromatic nitrogens is 6. The van der Waals surface area contributed by atoms with E-state index in [1.54, 1.807) is 41.1 Å². The van der Waals surface area contributed by atoms with Gasteiger partial charge in [0.05, 0.1) is 18.6 Å². The second-order valence-corrected chi connectivity index (χ2v) is 4.86. The van der Waals surface area contributed by atoms with E-state index in [4.69, 9.17) is 0 Å². The van der Waals surface area contributed by atoms with Gasteiger partial charge in [0.1, 0.15) is 11.4 Å². The fourth-order valence-corrected chi connectivity index (χ4v) is 2.43. The van der Waals surface area contributed by atoms with Crippen molar-refractivity contribution in [3.63, 3.8) is 0 Å². The first-order chi connectivity index (χ1) is 10.7. The summed E-state index contributed by atoms with van der Waals surface area (Å²) >= 11 is 0. The highest BCUT2D eigenvalue weighted by atomic mass is 19.1. The summed E-state index contributed by atoms with van der Waals surface area (Å²) < 4.78 is 17.4. The van der Waals surface area contributed by atoms with Crippen molar-refractivity contribution in [2.24, 2.45) is 7.05 Å². The van der Waals surface area contributed by atoms with E-state index in [9.17, 15) is 4.39 Å². The van der Waals surface area contributed by atoms with Gasteiger partial charge >= 0.3 is 0 Å². The van der Waals surface area contributed by atoms with Crippen molar-refractivity contribution in [2.75, 3.05) is 0 Å². The van der Waals surface area contributed by atoms with Gasteiger partial charge in [-0.25, -0.2) is 14.1 Å². The molecule has 0 aliphatic heterocycles. The van der Waals surface area contributed by atoms with Crippen LogP contribution in [-0.2, 0) is 7.05 Å². The third-order valence-corrected chi connectivity index (χ3v) is 3.40. The highest BCUT2D eigenvalue weighted by Crippen LogP contribution is 2.28. The molecule has 0 bridgehead atoms. The molecule has 0 spiro atoms. The maximum atomic E-state index is 14.1. The summed E-state index contributed by atoms with van der Waals surface area (Å²) in [4.78, 5) is 8.12. The molecule has 0 fully saturated rings. The molecule has 6 nitrogen and oxygen atoms in total. The van der Waals surface area contributed by atoms with Gasteiger partial charge in [-0.15, -0.1) is 0 Å². The number of hydrogen-bond donors (Lipinski definition) is 0. The lowest BCUT2D eigenvalue weighted by Gasteiger charge is -2.04. The predicted molar refractivity (Wildman–Crippen MR) is 78.8 cm³/mol. The molecule has 0 radical (unpaired) electrons. The normalized spacial score (nSPS) is 11.2. The summed E-state index contributed by atoms with van der Waals surface area (Å²) in [5.41, 5.74) is 2.25. The van der Waals surface area contributed by atoms with Gasteiger partial charge in [0.25, 0.3) is 0 Å². The van der Waals surface area contributed by atoms with Gasteiger partial charge in [0, 0.05) is 30.4 Å². The van der Waals surface area contributed by atoms with E-state index in [2.05, 4.69) is 20.2 Å². The first-order valence-electron chi connectivity index (χ1n) is 6.66. The Hall–Kier alpha value is -3.09. The van der Waals surface area contributed by atoms with Crippen LogP contribution in [0.5, 0.6) is 0 Å². The Balaban J connectivity index is 1.99. The quantitative estimate of drug-likeness (QED) is 0.569. The van der Waals surface area contributed by atoms with Crippen LogP contribution in [0.1, 0.15) is 0 Å². The van der Waals surface area contributed by atoms with Gasteiger partial charge in [0.2, 0.25) is 0 Å². The molecule has 4 aromatic rings. The van der Waals surface area contributed by atoms with Crippen LogP contribution in [0.25, 0.3) is 28.0 Å². The van der Waals surface area contributed by atoms with Crippen molar-refractivity contribution in [3.05, 3.63) is 55.0 Å².